The maximum absolute atomic E-state index is 11.8. The lowest BCUT2D eigenvalue weighted by atomic mass is 10.0. The van der Waals surface area contributed by atoms with Crippen LogP contribution in [0.3, 0.4) is 0 Å². The molecule has 4 aromatic carbocycles. The second-order valence-corrected chi connectivity index (χ2v) is 10.9. The van der Waals surface area contributed by atoms with E-state index in [2.05, 4.69) is 41.0 Å². The first kappa shape index (κ1) is 29.2. The maximum Gasteiger partial charge on any atom is 0.337 e. The Labute approximate surface area is 256 Å². The van der Waals surface area contributed by atoms with Gasteiger partial charge in [0.05, 0.1) is 29.5 Å². The van der Waals surface area contributed by atoms with E-state index in [1.807, 2.05) is 62.5 Å². The number of nitrogens with zero attached hydrogens (tertiary/aromatic N) is 2. The zero-order valence-corrected chi connectivity index (χ0v) is 25.1. The topological polar surface area (TPSA) is 53.4 Å². The first-order valence-electron chi connectivity index (χ1n) is 13.5. The van der Waals surface area contributed by atoms with E-state index in [1.54, 1.807) is 24.3 Å². The number of halogens is 2. The van der Waals surface area contributed by atoms with Crippen LogP contribution in [-0.2, 0) is 11.3 Å². The zero-order chi connectivity index (χ0) is 29.6. The predicted octanol–water partition coefficient (Wildman–Crippen LogP) is 9.32. The number of esters is 1. The first-order chi connectivity index (χ1) is 20.3. The van der Waals surface area contributed by atoms with Gasteiger partial charge in [-0.25, -0.2) is 9.78 Å². The van der Waals surface area contributed by atoms with Gasteiger partial charge >= 0.3 is 5.97 Å². The number of imidazole rings is 1. The zero-order valence-electron chi connectivity index (χ0n) is 23.6. The largest absolute Gasteiger partial charge is 0.491 e. The summed E-state index contributed by atoms with van der Waals surface area (Å²) in [5.41, 5.74) is 6.34. The molecule has 1 heterocycles. The van der Waals surface area contributed by atoms with Crippen LogP contribution in [0.4, 0.5) is 0 Å². The number of hydrogen-bond acceptors (Lipinski definition) is 4. The van der Waals surface area contributed by atoms with Crippen molar-refractivity contribution in [2.75, 3.05) is 7.11 Å². The van der Waals surface area contributed by atoms with Gasteiger partial charge in [0.25, 0.3) is 0 Å². The molecule has 212 valence electrons. The van der Waals surface area contributed by atoms with Gasteiger partial charge in [0.15, 0.2) is 0 Å². The molecule has 0 amide bonds. The van der Waals surface area contributed by atoms with E-state index >= 15 is 0 Å². The normalized spacial score (nSPS) is 11.3. The minimum absolute atomic E-state index is 0.142. The summed E-state index contributed by atoms with van der Waals surface area (Å²) in [6, 6.07) is 29.2. The molecule has 7 heteroatoms. The molecular weight excluding hydrogens is 567 g/mol. The van der Waals surface area contributed by atoms with Crippen LogP contribution in [0.1, 0.15) is 41.2 Å². The maximum atomic E-state index is 11.8. The highest BCUT2D eigenvalue weighted by Crippen LogP contribution is 2.31. The standard InChI is InChI=1S/C35H30Cl2N2O3/c1-23(2)42-30-16-13-27(14-17-30)26-9-4-24(5-10-26)8-19-34-38-33(31-18-15-29(36)20-32(31)37)22-39(34)21-25-6-11-28(12-7-25)35(40)41-3/h4-20,22-23H,21H2,1-3H3. The molecule has 0 fully saturated rings. The van der Waals surface area contributed by atoms with Gasteiger partial charge < -0.3 is 14.0 Å². The fourth-order valence-corrected chi connectivity index (χ4v) is 5.04. The van der Waals surface area contributed by atoms with Gasteiger partial charge in [-0.1, -0.05) is 77.8 Å². The fraction of sp³-hybridized carbons (Fsp3) is 0.143. The molecule has 0 saturated heterocycles. The van der Waals surface area contributed by atoms with Crippen molar-refractivity contribution in [3.8, 4) is 28.1 Å². The monoisotopic (exact) mass is 596 g/mol. The quantitative estimate of drug-likeness (QED) is 0.159. The summed E-state index contributed by atoms with van der Waals surface area (Å²) in [4.78, 5) is 16.7. The van der Waals surface area contributed by atoms with Crippen LogP contribution in [0.25, 0.3) is 34.5 Å². The van der Waals surface area contributed by atoms with Gasteiger partial charge in [-0.05, 0) is 84.6 Å². The molecule has 0 aliphatic carbocycles. The Balaban J connectivity index is 1.40. The Bertz CT molecular complexity index is 1710. The third-order valence-electron chi connectivity index (χ3n) is 6.64. The number of carbonyl (C=O) groups is 1. The van der Waals surface area contributed by atoms with E-state index in [-0.39, 0.29) is 12.1 Å². The van der Waals surface area contributed by atoms with Crippen LogP contribution in [0, 0.1) is 0 Å². The third kappa shape index (κ3) is 7.11. The molecule has 0 spiro atoms. The molecule has 42 heavy (non-hydrogen) atoms. The third-order valence-corrected chi connectivity index (χ3v) is 7.19. The number of hydrogen-bond donors (Lipinski definition) is 0. The molecule has 0 aliphatic rings. The van der Waals surface area contributed by atoms with Gasteiger partial charge in [0, 0.05) is 23.3 Å². The van der Waals surface area contributed by atoms with E-state index in [0.717, 1.165) is 45.1 Å². The molecule has 0 unspecified atom stereocenters. The predicted molar refractivity (Wildman–Crippen MR) is 171 cm³/mol. The molecular formula is C35H30Cl2N2O3. The molecule has 1 aromatic heterocycles. The van der Waals surface area contributed by atoms with Crippen molar-refractivity contribution in [3.63, 3.8) is 0 Å². The van der Waals surface area contributed by atoms with Crippen LogP contribution >= 0.6 is 23.2 Å². The highest BCUT2D eigenvalue weighted by Gasteiger charge is 2.13. The molecule has 5 rings (SSSR count). The van der Waals surface area contributed by atoms with Crippen LogP contribution in [0.2, 0.25) is 10.0 Å². The van der Waals surface area contributed by atoms with Gasteiger partial charge in [-0.2, -0.15) is 0 Å². The van der Waals surface area contributed by atoms with Crippen molar-refractivity contribution in [1.82, 2.24) is 9.55 Å². The lowest BCUT2D eigenvalue weighted by molar-refractivity contribution is 0.0600. The second kappa shape index (κ2) is 13.1. The van der Waals surface area contributed by atoms with E-state index in [1.165, 1.54) is 7.11 Å². The summed E-state index contributed by atoms with van der Waals surface area (Å²) < 4.78 is 12.6. The minimum atomic E-state index is -0.365. The van der Waals surface area contributed by atoms with Gasteiger partial charge in [0.1, 0.15) is 11.6 Å². The van der Waals surface area contributed by atoms with Crippen molar-refractivity contribution >= 4 is 41.3 Å². The van der Waals surface area contributed by atoms with E-state index < -0.39 is 0 Å². The summed E-state index contributed by atoms with van der Waals surface area (Å²) in [5, 5.41) is 1.10. The van der Waals surface area contributed by atoms with Crippen LogP contribution in [0.15, 0.2) is 97.2 Å². The van der Waals surface area contributed by atoms with Gasteiger partial charge in [-0.15, -0.1) is 0 Å². The Kier molecular flexibility index (Phi) is 9.11. The summed E-state index contributed by atoms with van der Waals surface area (Å²) >= 11 is 12.6. The van der Waals surface area contributed by atoms with E-state index in [0.29, 0.717) is 22.2 Å². The lowest BCUT2D eigenvalue weighted by Crippen LogP contribution is -2.05. The Morgan fingerprint density at radius 1 is 0.881 bits per heavy atom. The smallest absolute Gasteiger partial charge is 0.337 e. The molecule has 0 saturated carbocycles. The number of aromatic nitrogens is 2. The average molecular weight is 598 g/mol. The van der Waals surface area contributed by atoms with Crippen molar-refractivity contribution in [3.05, 3.63) is 130 Å². The first-order valence-corrected chi connectivity index (χ1v) is 14.3. The number of methoxy groups -OCH3 is 1. The molecule has 5 nitrogen and oxygen atoms in total. The second-order valence-electron chi connectivity index (χ2n) is 10.1. The molecule has 0 aliphatic heterocycles. The number of benzene rings is 4. The number of rotatable bonds is 9. The molecule has 0 bridgehead atoms. The van der Waals surface area contributed by atoms with Crippen molar-refractivity contribution in [2.45, 2.75) is 26.5 Å². The van der Waals surface area contributed by atoms with Crippen molar-refractivity contribution in [2.24, 2.45) is 0 Å². The van der Waals surface area contributed by atoms with E-state index in [9.17, 15) is 4.79 Å². The van der Waals surface area contributed by atoms with Crippen LogP contribution in [0.5, 0.6) is 5.75 Å². The van der Waals surface area contributed by atoms with E-state index in [4.69, 9.17) is 37.7 Å². The number of ether oxygens (including phenoxy) is 2. The summed E-state index contributed by atoms with van der Waals surface area (Å²) in [6.45, 7) is 4.59. The highest BCUT2D eigenvalue weighted by atomic mass is 35.5. The molecule has 5 aromatic rings. The lowest BCUT2D eigenvalue weighted by Gasteiger charge is -2.10. The van der Waals surface area contributed by atoms with Crippen LogP contribution in [-0.4, -0.2) is 28.7 Å². The average Bonchev–Trinajstić information content (AvgIpc) is 3.38. The Morgan fingerprint density at radius 2 is 1.55 bits per heavy atom. The fourth-order valence-electron chi connectivity index (χ4n) is 4.53. The molecule has 0 radical (unpaired) electrons. The van der Waals surface area contributed by atoms with Crippen LogP contribution < -0.4 is 4.74 Å². The van der Waals surface area contributed by atoms with Gasteiger partial charge in [0.2, 0.25) is 0 Å². The Hall–Kier alpha value is -4.32. The highest BCUT2D eigenvalue weighted by molar-refractivity contribution is 6.36. The minimum Gasteiger partial charge on any atom is -0.491 e. The summed E-state index contributed by atoms with van der Waals surface area (Å²) in [6.07, 6.45) is 6.14. The SMILES string of the molecule is COC(=O)c1ccc(Cn2cc(-c3ccc(Cl)cc3Cl)nc2C=Cc2ccc(-c3ccc(OC(C)C)cc3)cc2)cc1. The molecule has 0 atom stereocenters. The molecule has 0 N–H and O–H groups in total. The number of carbonyl (C=O) groups excluding carboxylic acids is 1. The Morgan fingerprint density at radius 3 is 2.17 bits per heavy atom. The summed E-state index contributed by atoms with van der Waals surface area (Å²) in [5.74, 6) is 1.26. The van der Waals surface area contributed by atoms with Crippen molar-refractivity contribution < 1.29 is 14.3 Å². The summed E-state index contributed by atoms with van der Waals surface area (Å²) in [7, 11) is 1.37. The van der Waals surface area contributed by atoms with Gasteiger partial charge in [-0.3, -0.25) is 0 Å². The van der Waals surface area contributed by atoms with Crippen molar-refractivity contribution in [1.29, 1.82) is 0 Å².